The second kappa shape index (κ2) is 3.60. The van der Waals surface area contributed by atoms with Gasteiger partial charge in [0.2, 0.25) is 0 Å². The maximum absolute atomic E-state index is 5.67. The van der Waals surface area contributed by atoms with Crippen LogP contribution in [0.4, 0.5) is 11.5 Å². The SMILES string of the molecule is CN(C)Nc1ncc(Cl)cc1N. The number of halogens is 1. The van der Waals surface area contributed by atoms with Crippen molar-refractivity contribution in [2.45, 2.75) is 0 Å². The lowest BCUT2D eigenvalue weighted by Crippen LogP contribution is -2.21. The fourth-order valence-corrected chi connectivity index (χ4v) is 0.926. The van der Waals surface area contributed by atoms with Crippen LogP contribution in [-0.4, -0.2) is 24.1 Å². The van der Waals surface area contributed by atoms with Crippen molar-refractivity contribution >= 4 is 23.1 Å². The molecule has 1 aromatic rings. The molecule has 0 radical (unpaired) electrons. The van der Waals surface area contributed by atoms with Gasteiger partial charge < -0.3 is 11.2 Å². The molecule has 0 aliphatic rings. The van der Waals surface area contributed by atoms with E-state index >= 15 is 0 Å². The number of nitrogen functional groups attached to an aromatic ring is 1. The zero-order valence-electron chi connectivity index (χ0n) is 7.00. The van der Waals surface area contributed by atoms with Gasteiger partial charge in [0.1, 0.15) is 0 Å². The molecule has 4 nitrogen and oxygen atoms in total. The maximum Gasteiger partial charge on any atom is 0.163 e. The number of aromatic nitrogens is 1. The number of anilines is 2. The Balaban J connectivity index is 2.86. The average molecular weight is 187 g/mol. The lowest BCUT2D eigenvalue weighted by atomic mass is 10.4. The van der Waals surface area contributed by atoms with E-state index in [1.54, 1.807) is 17.3 Å². The van der Waals surface area contributed by atoms with Crippen LogP contribution < -0.4 is 11.2 Å². The van der Waals surface area contributed by atoms with E-state index in [0.717, 1.165) is 0 Å². The topological polar surface area (TPSA) is 54.2 Å². The van der Waals surface area contributed by atoms with Gasteiger partial charge in [0.25, 0.3) is 0 Å². The summed E-state index contributed by atoms with van der Waals surface area (Å²) in [4.78, 5) is 4.01. The largest absolute Gasteiger partial charge is 0.396 e. The van der Waals surface area contributed by atoms with E-state index in [0.29, 0.717) is 16.5 Å². The van der Waals surface area contributed by atoms with E-state index in [1.165, 1.54) is 0 Å². The summed E-state index contributed by atoms with van der Waals surface area (Å²) in [7, 11) is 3.71. The van der Waals surface area contributed by atoms with Crippen LogP contribution in [0, 0.1) is 0 Å². The van der Waals surface area contributed by atoms with Gasteiger partial charge in [0, 0.05) is 20.3 Å². The molecular formula is C7H11ClN4. The normalized spacial score (nSPS) is 10.3. The average Bonchev–Trinajstić information content (AvgIpc) is 1.94. The second-order valence-electron chi connectivity index (χ2n) is 2.60. The third-order valence-corrected chi connectivity index (χ3v) is 1.42. The minimum Gasteiger partial charge on any atom is -0.396 e. The number of hydrogen-bond donors (Lipinski definition) is 2. The van der Waals surface area contributed by atoms with Gasteiger partial charge in [-0.25, -0.2) is 9.99 Å². The summed E-state index contributed by atoms with van der Waals surface area (Å²) >= 11 is 5.67. The van der Waals surface area contributed by atoms with E-state index in [4.69, 9.17) is 17.3 Å². The molecule has 0 saturated heterocycles. The van der Waals surface area contributed by atoms with E-state index < -0.39 is 0 Å². The number of pyridine rings is 1. The van der Waals surface area contributed by atoms with Crippen molar-refractivity contribution in [3.05, 3.63) is 17.3 Å². The number of nitrogens with one attached hydrogen (secondary N) is 1. The molecule has 1 rings (SSSR count). The Kier molecular flexibility index (Phi) is 2.73. The molecule has 0 bridgehead atoms. The van der Waals surface area contributed by atoms with Crippen molar-refractivity contribution in [1.29, 1.82) is 0 Å². The first kappa shape index (κ1) is 9.09. The highest BCUT2D eigenvalue weighted by molar-refractivity contribution is 6.30. The molecule has 1 heterocycles. The first-order valence-corrected chi connectivity index (χ1v) is 3.82. The molecule has 3 N–H and O–H groups in total. The van der Waals surface area contributed by atoms with E-state index in [2.05, 4.69) is 10.4 Å². The van der Waals surface area contributed by atoms with Crippen molar-refractivity contribution in [3.8, 4) is 0 Å². The highest BCUT2D eigenvalue weighted by Gasteiger charge is 2.00. The molecule has 0 saturated carbocycles. The molecule has 0 atom stereocenters. The van der Waals surface area contributed by atoms with Gasteiger partial charge in [-0.05, 0) is 6.07 Å². The van der Waals surface area contributed by atoms with Crippen LogP contribution in [-0.2, 0) is 0 Å². The summed E-state index contributed by atoms with van der Waals surface area (Å²) in [5.74, 6) is 0.615. The standard InChI is InChI=1S/C7H11ClN4/c1-12(2)11-7-6(9)3-5(8)4-10-7/h3-4H,9H2,1-2H3,(H,10,11). The Hall–Kier alpha value is -1.00. The molecule has 1 aromatic heterocycles. The van der Waals surface area contributed by atoms with Gasteiger partial charge in [0.15, 0.2) is 5.82 Å². The molecular weight excluding hydrogens is 176 g/mol. The Morgan fingerprint density at radius 2 is 2.25 bits per heavy atom. The molecule has 66 valence electrons. The summed E-state index contributed by atoms with van der Waals surface area (Å²) in [6.45, 7) is 0. The number of nitrogens with zero attached hydrogens (tertiary/aromatic N) is 2. The predicted molar refractivity (Wildman–Crippen MR) is 51.0 cm³/mol. The molecule has 0 aliphatic carbocycles. The zero-order chi connectivity index (χ0) is 9.14. The van der Waals surface area contributed by atoms with Crippen LogP contribution in [0.25, 0.3) is 0 Å². The molecule has 0 aromatic carbocycles. The summed E-state index contributed by atoms with van der Waals surface area (Å²) in [6, 6.07) is 1.65. The number of rotatable bonds is 2. The van der Waals surface area contributed by atoms with Gasteiger partial charge in [-0.15, -0.1) is 0 Å². The highest BCUT2D eigenvalue weighted by Crippen LogP contribution is 2.18. The van der Waals surface area contributed by atoms with Crippen LogP contribution in [0.5, 0.6) is 0 Å². The van der Waals surface area contributed by atoms with Crippen molar-refractivity contribution in [3.63, 3.8) is 0 Å². The highest BCUT2D eigenvalue weighted by atomic mass is 35.5. The maximum atomic E-state index is 5.67. The van der Waals surface area contributed by atoms with Crippen LogP contribution in [0.2, 0.25) is 5.02 Å². The molecule has 0 unspecified atom stereocenters. The van der Waals surface area contributed by atoms with Crippen molar-refractivity contribution < 1.29 is 0 Å². The molecule has 12 heavy (non-hydrogen) atoms. The van der Waals surface area contributed by atoms with Crippen molar-refractivity contribution in [2.75, 3.05) is 25.3 Å². The molecule has 0 amide bonds. The molecule has 0 aliphatic heterocycles. The Morgan fingerprint density at radius 1 is 1.58 bits per heavy atom. The quantitative estimate of drug-likeness (QED) is 0.682. The Morgan fingerprint density at radius 3 is 2.75 bits per heavy atom. The number of hydrazine groups is 1. The first-order valence-electron chi connectivity index (χ1n) is 3.44. The number of hydrogen-bond acceptors (Lipinski definition) is 4. The van der Waals surface area contributed by atoms with Gasteiger partial charge in [0.05, 0.1) is 10.7 Å². The minimum absolute atomic E-state index is 0.538. The van der Waals surface area contributed by atoms with Gasteiger partial charge in [-0.3, -0.25) is 0 Å². The van der Waals surface area contributed by atoms with Gasteiger partial charge in [-0.2, -0.15) is 0 Å². The lowest BCUT2D eigenvalue weighted by Gasteiger charge is -2.13. The third-order valence-electron chi connectivity index (χ3n) is 1.21. The monoisotopic (exact) mass is 186 g/mol. The Labute approximate surface area is 76.3 Å². The Bertz CT molecular complexity index is 274. The summed E-state index contributed by atoms with van der Waals surface area (Å²) in [5, 5.41) is 2.30. The summed E-state index contributed by atoms with van der Waals surface area (Å²) in [5.41, 5.74) is 9.11. The van der Waals surface area contributed by atoms with Crippen LogP contribution in [0.1, 0.15) is 0 Å². The predicted octanol–water partition coefficient (Wildman–Crippen LogP) is 1.21. The summed E-state index contributed by atoms with van der Waals surface area (Å²) in [6.07, 6.45) is 1.55. The van der Waals surface area contributed by atoms with E-state index in [1.807, 2.05) is 14.1 Å². The zero-order valence-corrected chi connectivity index (χ0v) is 7.76. The van der Waals surface area contributed by atoms with E-state index in [-0.39, 0.29) is 0 Å². The number of nitrogens with two attached hydrogens (primary N) is 1. The van der Waals surface area contributed by atoms with Crippen molar-refractivity contribution in [1.82, 2.24) is 9.99 Å². The molecule has 5 heteroatoms. The molecule has 0 fully saturated rings. The van der Waals surface area contributed by atoms with Crippen LogP contribution in [0.3, 0.4) is 0 Å². The second-order valence-corrected chi connectivity index (χ2v) is 3.03. The summed E-state index contributed by atoms with van der Waals surface area (Å²) < 4.78 is 0. The lowest BCUT2D eigenvalue weighted by molar-refractivity contribution is 0.493. The van der Waals surface area contributed by atoms with Gasteiger partial charge in [-0.1, -0.05) is 11.6 Å². The first-order chi connectivity index (χ1) is 5.59. The van der Waals surface area contributed by atoms with Crippen molar-refractivity contribution in [2.24, 2.45) is 0 Å². The van der Waals surface area contributed by atoms with Crippen LogP contribution >= 0.6 is 11.6 Å². The van der Waals surface area contributed by atoms with E-state index in [9.17, 15) is 0 Å². The fourth-order valence-electron chi connectivity index (χ4n) is 0.760. The molecule has 0 spiro atoms. The van der Waals surface area contributed by atoms with Crippen LogP contribution in [0.15, 0.2) is 12.3 Å². The third kappa shape index (κ3) is 2.25. The fraction of sp³-hybridized carbons (Fsp3) is 0.286. The smallest absolute Gasteiger partial charge is 0.163 e. The van der Waals surface area contributed by atoms with Gasteiger partial charge >= 0.3 is 0 Å². The minimum atomic E-state index is 0.538.